The van der Waals surface area contributed by atoms with Crippen molar-refractivity contribution in [3.8, 4) is 11.3 Å². The number of hydrogen-bond donors (Lipinski definition) is 2. The van der Waals surface area contributed by atoms with E-state index in [4.69, 9.17) is 9.97 Å². The maximum Gasteiger partial charge on any atom is 0.407 e. The van der Waals surface area contributed by atoms with Gasteiger partial charge in [0.15, 0.2) is 0 Å². The summed E-state index contributed by atoms with van der Waals surface area (Å²) in [6, 6.07) is 6.65. The normalized spacial score (nSPS) is 18.8. The molecule has 1 atom stereocenters. The van der Waals surface area contributed by atoms with Crippen LogP contribution in [0.15, 0.2) is 24.3 Å². The lowest BCUT2D eigenvalue weighted by molar-refractivity contribution is -0.121. The van der Waals surface area contributed by atoms with Gasteiger partial charge in [0.2, 0.25) is 11.9 Å². The first-order valence-electron chi connectivity index (χ1n) is 13.1. The summed E-state index contributed by atoms with van der Waals surface area (Å²) in [5.74, 6) is 1.36. The fourth-order valence-electron chi connectivity index (χ4n) is 6.08. The van der Waals surface area contributed by atoms with Gasteiger partial charge in [-0.05, 0) is 37.3 Å². The Bertz CT molecular complexity index is 1200. The summed E-state index contributed by atoms with van der Waals surface area (Å²) in [6.07, 6.45) is 1.85. The first-order valence-corrected chi connectivity index (χ1v) is 13.1. The van der Waals surface area contributed by atoms with Crippen molar-refractivity contribution in [2.24, 2.45) is 11.3 Å². The highest BCUT2D eigenvalue weighted by molar-refractivity contribution is 5.78. The van der Waals surface area contributed by atoms with Crippen LogP contribution < -0.4 is 15.1 Å². The lowest BCUT2D eigenvalue weighted by atomic mass is 9.79. The van der Waals surface area contributed by atoms with E-state index in [1.807, 2.05) is 6.07 Å². The van der Waals surface area contributed by atoms with Crippen molar-refractivity contribution in [3.05, 3.63) is 35.6 Å². The highest BCUT2D eigenvalue weighted by Gasteiger charge is 2.50. The fraction of sp³-hybridized carbons (Fsp3) is 0.556. The molecule has 0 saturated carbocycles. The topological polar surface area (TPSA) is 102 Å². The highest BCUT2D eigenvalue weighted by atomic mass is 19.1. The molecule has 1 aromatic heterocycles. The van der Waals surface area contributed by atoms with E-state index < -0.39 is 6.09 Å². The largest absolute Gasteiger partial charge is 0.465 e. The summed E-state index contributed by atoms with van der Waals surface area (Å²) in [5, 5.41) is 12.0. The predicted molar refractivity (Wildman–Crippen MR) is 139 cm³/mol. The van der Waals surface area contributed by atoms with E-state index in [1.54, 1.807) is 19.2 Å². The van der Waals surface area contributed by atoms with Crippen LogP contribution in [0.3, 0.4) is 0 Å². The van der Waals surface area contributed by atoms with Gasteiger partial charge in [0.05, 0.1) is 5.69 Å². The van der Waals surface area contributed by atoms with Crippen LogP contribution in [0.5, 0.6) is 0 Å². The quantitative estimate of drug-likeness (QED) is 0.589. The summed E-state index contributed by atoms with van der Waals surface area (Å²) in [7, 11) is 1.65. The van der Waals surface area contributed by atoms with Gasteiger partial charge in [0, 0.05) is 68.8 Å². The SMILES string of the molecule is CNC(=O)C[C@@H](CC(C)C)N1CCc2c(-c3ccccc3F)nc(N3CCC4(CN(C(=O)O)C4)C3)nc21. The molecule has 1 spiro atoms. The summed E-state index contributed by atoms with van der Waals surface area (Å²) in [6.45, 7) is 7.40. The van der Waals surface area contributed by atoms with E-state index in [-0.39, 0.29) is 23.2 Å². The van der Waals surface area contributed by atoms with Crippen LogP contribution in [0.1, 0.15) is 38.7 Å². The van der Waals surface area contributed by atoms with Crippen molar-refractivity contribution in [1.29, 1.82) is 0 Å². The molecule has 0 aliphatic carbocycles. The summed E-state index contributed by atoms with van der Waals surface area (Å²) in [5.41, 5.74) is 1.88. The van der Waals surface area contributed by atoms with Gasteiger partial charge >= 0.3 is 6.09 Å². The molecule has 4 heterocycles. The third kappa shape index (κ3) is 4.81. The van der Waals surface area contributed by atoms with Crippen molar-refractivity contribution in [2.45, 2.75) is 45.6 Å². The van der Waals surface area contributed by atoms with E-state index in [0.717, 1.165) is 30.8 Å². The van der Waals surface area contributed by atoms with Crippen LogP contribution in [-0.2, 0) is 11.2 Å². The number of likely N-dealkylation sites (tertiary alicyclic amines) is 1. The van der Waals surface area contributed by atoms with Gasteiger partial charge in [0.25, 0.3) is 0 Å². The Kier molecular flexibility index (Phi) is 6.68. The Morgan fingerprint density at radius 2 is 1.92 bits per heavy atom. The maximum atomic E-state index is 15.0. The second-order valence-electron chi connectivity index (χ2n) is 11.1. The summed E-state index contributed by atoms with van der Waals surface area (Å²) < 4.78 is 15.0. The van der Waals surface area contributed by atoms with Crippen molar-refractivity contribution in [3.63, 3.8) is 0 Å². The minimum Gasteiger partial charge on any atom is -0.465 e. The highest BCUT2D eigenvalue weighted by Crippen LogP contribution is 2.43. The van der Waals surface area contributed by atoms with Crippen molar-refractivity contribution < 1.29 is 19.1 Å². The molecule has 5 rings (SSSR count). The Morgan fingerprint density at radius 1 is 1.16 bits per heavy atom. The molecule has 0 bridgehead atoms. The Morgan fingerprint density at radius 3 is 2.59 bits per heavy atom. The zero-order valence-corrected chi connectivity index (χ0v) is 21.7. The van der Waals surface area contributed by atoms with E-state index in [2.05, 4.69) is 29.0 Å². The summed E-state index contributed by atoms with van der Waals surface area (Å²) >= 11 is 0. The second kappa shape index (κ2) is 9.79. The molecular weight excluding hydrogens is 475 g/mol. The molecule has 3 aliphatic rings. The monoisotopic (exact) mass is 510 g/mol. The maximum absolute atomic E-state index is 15.0. The number of carboxylic acid groups (broad SMARTS) is 1. The van der Waals surface area contributed by atoms with Crippen molar-refractivity contribution >= 4 is 23.8 Å². The number of fused-ring (bicyclic) bond motifs is 1. The standard InChI is InChI=1S/C27H35FN6O3/c1-17(2)12-18(13-22(35)29-3)34-10-8-20-23(19-6-4-5-7-21(19)28)30-25(31-24(20)34)32-11-9-27(14-32)15-33(16-27)26(36)37/h4-7,17-18H,8-16H2,1-3H3,(H,29,35)(H,36,37)/t18-/m1/s1. The Balaban J connectivity index is 1.53. The lowest BCUT2D eigenvalue weighted by Gasteiger charge is -2.46. The van der Waals surface area contributed by atoms with Gasteiger partial charge in [0.1, 0.15) is 11.6 Å². The van der Waals surface area contributed by atoms with Gasteiger partial charge in [-0.2, -0.15) is 4.98 Å². The minimum atomic E-state index is -0.886. The smallest absolute Gasteiger partial charge is 0.407 e. The molecule has 2 fully saturated rings. The molecule has 10 heteroatoms. The lowest BCUT2D eigenvalue weighted by Crippen LogP contribution is -2.59. The molecule has 1 aromatic carbocycles. The molecule has 2 amide bonds. The van der Waals surface area contributed by atoms with Gasteiger partial charge in [-0.3, -0.25) is 4.79 Å². The van der Waals surface area contributed by atoms with Crippen molar-refractivity contribution in [2.75, 3.05) is 49.6 Å². The van der Waals surface area contributed by atoms with Crippen LogP contribution in [0.25, 0.3) is 11.3 Å². The fourth-order valence-corrected chi connectivity index (χ4v) is 6.08. The number of nitrogens with zero attached hydrogens (tertiary/aromatic N) is 5. The second-order valence-corrected chi connectivity index (χ2v) is 11.1. The van der Waals surface area contributed by atoms with E-state index in [9.17, 15) is 14.7 Å². The van der Waals surface area contributed by atoms with Gasteiger partial charge in [-0.15, -0.1) is 0 Å². The van der Waals surface area contributed by atoms with Crippen molar-refractivity contribution in [1.82, 2.24) is 20.2 Å². The van der Waals surface area contributed by atoms with Crippen LogP contribution in [-0.4, -0.2) is 77.8 Å². The van der Waals surface area contributed by atoms with E-state index >= 15 is 4.39 Å². The first-order chi connectivity index (χ1) is 17.7. The number of carbonyl (C=O) groups excluding carboxylic acids is 1. The predicted octanol–water partition coefficient (Wildman–Crippen LogP) is 3.39. The molecule has 0 radical (unpaired) electrons. The summed E-state index contributed by atoms with van der Waals surface area (Å²) in [4.78, 5) is 39.4. The number of hydrogen-bond acceptors (Lipinski definition) is 6. The van der Waals surface area contributed by atoms with E-state index in [0.29, 0.717) is 62.1 Å². The molecule has 2 N–H and O–H groups in total. The Hall–Kier alpha value is -3.43. The molecular formula is C27H35FN6O3. The van der Waals surface area contributed by atoms with Crippen LogP contribution in [0.4, 0.5) is 21.0 Å². The minimum absolute atomic E-state index is 0.0165. The molecule has 2 saturated heterocycles. The average Bonchev–Trinajstić information content (AvgIpc) is 3.47. The average molecular weight is 511 g/mol. The zero-order valence-electron chi connectivity index (χ0n) is 21.7. The van der Waals surface area contributed by atoms with Gasteiger partial charge in [-0.1, -0.05) is 26.0 Å². The number of carbonyl (C=O) groups is 2. The van der Waals surface area contributed by atoms with Gasteiger partial charge < -0.3 is 25.1 Å². The molecule has 3 aliphatic heterocycles. The number of amides is 2. The number of nitrogens with one attached hydrogen (secondary N) is 1. The van der Waals surface area contributed by atoms with Crippen LogP contribution >= 0.6 is 0 Å². The first kappa shape index (κ1) is 25.2. The molecule has 37 heavy (non-hydrogen) atoms. The number of anilines is 2. The number of aromatic nitrogens is 2. The number of benzene rings is 1. The third-order valence-corrected chi connectivity index (χ3v) is 7.91. The number of rotatable bonds is 7. The van der Waals surface area contributed by atoms with Gasteiger partial charge in [-0.25, -0.2) is 14.2 Å². The third-order valence-electron chi connectivity index (χ3n) is 7.91. The Labute approximate surface area is 216 Å². The zero-order chi connectivity index (χ0) is 26.3. The molecule has 198 valence electrons. The molecule has 2 aromatic rings. The number of halogens is 1. The van der Waals surface area contributed by atoms with Crippen LogP contribution in [0.2, 0.25) is 0 Å². The molecule has 9 nitrogen and oxygen atoms in total. The van der Waals surface area contributed by atoms with Crippen LogP contribution in [0, 0.1) is 17.2 Å². The molecule has 0 unspecified atom stereocenters. The van der Waals surface area contributed by atoms with E-state index in [1.165, 1.54) is 11.0 Å².